The van der Waals surface area contributed by atoms with Crippen LogP contribution in [-0.2, 0) is 10.4 Å². The Labute approximate surface area is 167 Å². The Bertz CT molecular complexity index is 871. The van der Waals surface area contributed by atoms with Crippen molar-refractivity contribution in [3.63, 3.8) is 0 Å². The van der Waals surface area contributed by atoms with Crippen LogP contribution < -0.4 is 14.8 Å². The van der Waals surface area contributed by atoms with Gasteiger partial charge in [-0.3, -0.25) is 4.79 Å². The number of ether oxygens (including phenoxy) is 2. The fourth-order valence-corrected chi connectivity index (χ4v) is 3.56. The Morgan fingerprint density at radius 1 is 0.867 bits per heavy atom. The number of hydrogen-bond acceptors (Lipinski definition) is 13. The lowest BCUT2D eigenvalue weighted by Crippen LogP contribution is -2.55. The van der Waals surface area contributed by atoms with Gasteiger partial charge in [-0.15, -0.1) is 0 Å². The molecule has 14 nitrogen and oxygen atoms in total. The maximum Gasteiger partial charge on any atom is 0.453 e. The van der Waals surface area contributed by atoms with Crippen molar-refractivity contribution in [1.82, 2.24) is 5.32 Å². The number of rotatable bonds is 5. The normalized spacial score (nSPS) is 25.2. The summed E-state index contributed by atoms with van der Waals surface area (Å²) in [6.45, 7) is 0. The molecule has 1 heterocycles. The molecule has 3 rings (SSSR count). The molecule has 1 aliphatic carbocycles. The minimum absolute atomic E-state index is 0.0135. The molecule has 1 unspecified atom stereocenters. The number of phenols is 3. The van der Waals surface area contributed by atoms with Gasteiger partial charge in [0, 0.05) is 12.8 Å². The van der Waals surface area contributed by atoms with Gasteiger partial charge in [-0.25, -0.2) is 0 Å². The smallest absolute Gasteiger partial charge is 0.453 e. The summed E-state index contributed by atoms with van der Waals surface area (Å²) in [5.74, 6) is -13.2. The van der Waals surface area contributed by atoms with E-state index < -0.39 is 70.1 Å². The van der Waals surface area contributed by atoms with Crippen LogP contribution in [-0.4, -0.2) is 74.8 Å². The molecule has 1 aromatic carbocycles. The first-order chi connectivity index (χ1) is 13.6. The van der Waals surface area contributed by atoms with E-state index in [1.807, 2.05) is 0 Å². The van der Waals surface area contributed by atoms with Crippen molar-refractivity contribution < 1.29 is 65.3 Å². The van der Waals surface area contributed by atoms with Gasteiger partial charge in [0.1, 0.15) is 0 Å². The van der Waals surface area contributed by atoms with Crippen molar-refractivity contribution in [2.45, 2.75) is 55.6 Å². The molecule has 1 aliphatic heterocycles. The quantitative estimate of drug-likeness (QED) is 0.124. The van der Waals surface area contributed by atoms with E-state index in [0.29, 0.717) is 12.8 Å². The highest BCUT2D eigenvalue weighted by molar-refractivity contribution is 5.83. The highest BCUT2D eigenvalue weighted by atomic mass is 16.9. The van der Waals surface area contributed by atoms with Gasteiger partial charge in [0.15, 0.2) is 17.1 Å². The zero-order valence-corrected chi connectivity index (χ0v) is 15.2. The number of carbonyl (C=O) groups excluding carboxylic acids is 1. The SMILES string of the molecule is O=C1CC(O)(c2c(O)c(O)c(OC(O)(O)O)c(OC3(O)CCCC3)c2O)C(O)(O)N1. The van der Waals surface area contributed by atoms with Crippen molar-refractivity contribution in [3.05, 3.63) is 5.56 Å². The fraction of sp³-hybridized carbons (Fsp3) is 0.562. The van der Waals surface area contributed by atoms with E-state index in [1.54, 1.807) is 5.32 Å². The number of amides is 1. The number of aromatic hydroxyl groups is 3. The molecule has 1 saturated carbocycles. The topological polar surface area (TPSA) is 250 Å². The summed E-state index contributed by atoms with van der Waals surface area (Å²) in [4.78, 5) is 11.6. The Balaban J connectivity index is 2.26. The van der Waals surface area contributed by atoms with Crippen LogP contribution in [0.5, 0.6) is 28.7 Å². The lowest BCUT2D eigenvalue weighted by Gasteiger charge is -2.34. The van der Waals surface area contributed by atoms with E-state index in [1.165, 1.54) is 0 Å². The predicted octanol–water partition coefficient (Wildman–Crippen LogP) is -3.24. The van der Waals surface area contributed by atoms with Gasteiger partial charge in [0.2, 0.25) is 28.9 Å². The molecule has 2 fully saturated rings. The second-order valence-corrected chi connectivity index (χ2v) is 7.27. The van der Waals surface area contributed by atoms with E-state index >= 15 is 0 Å². The third-order valence-corrected chi connectivity index (χ3v) is 4.97. The molecule has 1 saturated heterocycles. The number of carbonyl (C=O) groups is 1. The van der Waals surface area contributed by atoms with E-state index in [0.717, 1.165) is 0 Å². The summed E-state index contributed by atoms with van der Waals surface area (Å²) in [6.07, 6.45) is -4.07. The zero-order chi connectivity index (χ0) is 22.7. The molecule has 0 bridgehead atoms. The van der Waals surface area contributed by atoms with Crippen molar-refractivity contribution >= 4 is 5.91 Å². The van der Waals surface area contributed by atoms with Crippen LogP contribution in [0.4, 0.5) is 0 Å². The average molecular weight is 435 g/mol. The van der Waals surface area contributed by atoms with Gasteiger partial charge >= 0.3 is 6.16 Å². The highest BCUT2D eigenvalue weighted by Crippen LogP contribution is 2.59. The number of phenolic OH excluding ortho intramolecular Hbond substituents is 3. The summed E-state index contributed by atoms with van der Waals surface area (Å²) in [5, 5.41) is 101. The molecule has 11 N–H and O–H groups in total. The molecule has 168 valence electrons. The Kier molecular flexibility index (Phi) is 4.94. The van der Waals surface area contributed by atoms with Crippen LogP contribution in [0.2, 0.25) is 0 Å². The standard InChI is InChI=1S/C16H21NO13/c18-6-5-14(23,15(24,25)17-6)7-8(19)10(21)12(30-16(26,27)28)11(9(7)20)29-13(22)3-1-2-4-13/h19-28H,1-5H2,(H,17,18). The van der Waals surface area contributed by atoms with Gasteiger partial charge in [0.25, 0.3) is 5.91 Å². The summed E-state index contributed by atoms with van der Waals surface area (Å²) < 4.78 is 9.52. The Morgan fingerprint density at radius 3 is 1.90 bits per heavy atom. The van der Waals surface area contributed by atoms with E-state index in [4.69, 9.17) is 20.1 Å². The van der Waals surface area contributed by atoms with Crippen LogP contribution in [0.1, 0.15) is 37.7 Å². The maximum absolute atomic E-state index is 11.6. The van der Waals surface area contributed by atoms with Gasteiger partial charge in [0.05, 0.1) is 12.0 Å². The number of aliphatic hydroxyl groups is 7. The van der Waals surface area contributed by atoms with Crippen LogP contribution in [0.25, 0.3) is 0 Å². The van der Waals surface area contributed by atoms with Crippen molar-refractivity contribution in [2.75, 3.05) is 0 Å². The Hall–Kier alpha value is -2.59. The largest absolute Gasteiger partial charge is 0.504 e. The van der Waals surface area contributed by atoms with Crippen molar-refractivity contribution in [1.29, 1.82) is 0 Å². The van der Waals surface area contributed by atoms with Crippen LogP contribution in [0.15, 0.2) is 0 Å². The van der Waals surface area contributed by atoms with Gasteiger partial charge < -0.3 is 65.9 Å². The molecule has 1 aromatic rings. The minimum Gasteiger partial charge on any atom is -0.504 e. The summed E-state index contributed by atoms with van der Waals surface area (Å²) in [7, 11) is 0. The first kappa shape index (κ1) is 22.1. The Morgan fingerprint density at radius 2 is 1.43 bits per heavy atom. The second-order valence-electron chi connectivity index (χ2n) is 7.27. The van der Waals surface area contributed by atoms with Crippen LogP contribution >= 0.6 is 0 Å². The third kappa shape index (κ3) is 3.54. The summed E-state index contributed by atoms with van der Waals surface area (Å²) >= 11 is 0. The molecule has 14 heteroatoms. The second kappa shape index (κ2) is 6.71. The zero-order valence-electron chi connectivity index (χ0n) is 15.2. The van der Waals surface area contributed by atoms with Crippen LogP contribution in [0.3, 0.4) is 0 Å². The molecule has 0 radical (unpaired) electrons. The summed E-state index contributed by atoms with van der Waals surface area (Å²) in [5.41, 5.74) is -4.36. The number of benzene rings is 1. The lowest BCUT2D eigenvalue weighted by atomic mass is 9.87. The van der Waals surface area contributed by atoms with Gasteiger partial charge in [-0.05, 0) is 12.8 Å². The van der Waals surface area contributed by atoms with Crippen molar-refractivity contribution in [2.24, 2.45) is 0 Å². The fourth-order valence-electron chi connectivity index (χ4n) is 3.56. The number of nitrogens with one attached hydrogen (secondary N) is 1. The van der Waals surface area contributed by atoms with E-state index in [2.05, 4.69) is 4.74 Å². The molecule has 0 spiro atoms. The average Bonchev–Trinajstić information content (AvgIpc) is 3.09. The molecule has 0 aromatic heterocycles. The molecular formula is C16H21NO13. The molecular weight excluding hydrogens is 414 g/mol. The first-order valence-corrected chi connectivity index (χ1v) is 8.67. The van der Waals surface area contributed by atoms with Gasteiger partial charge in [-0.2, -0.15) is 0 Å². The molecule has 1 amide bonds. The minimum atomic E-state index is -3.95. The molecule has 30 heavy (non-hydrogen) atoms. The first-order valence-electron chi connectivity index (χ1n) is 8.67. The monoisotopic (exact) mass is 435 g/mol. The van der Waals surface area contributed by atoms with Gasteiger partial charge in [-0.1, -0.05) is 0 Å². The van der Waals surface area contributed by atoms with E-state index in [-0.39, 0.29) is 12.8 Å². The molecule has 2 aliphatic rings. The van der Waals surface area contributed by atoms with E-state index in [9.17, 15) is 40.5 Å². The van der Waals surface area contributed by atoms with Crippen LogP contribution in [0, 0.1) is 0 Å². The molecule has 1 atom stereocenters. The predicted molar refractivity (Wildman–Crippen MR) is 89.3 cm³/mol. The van der Waals surface area contributed by atoms with Crippen molar-refractivity contribution in [3.8, 4) is 28.7 Å². The number of hydrogen-bond donors (Lipinski definition) is 11. The highest BCUT2D eigenvalue weighted by Gasteiger charge is 2.61. The third-order valence-electron chi connectivity index (χ3n) is 4.97. The summed E-state index contributed by atoms with van der Waals surface area (Å²) in [6, 6.07) is 0. The lowest BCUT2D eigenvalue weighted by molar-refractivity contribution is -0.420. The maximum atomic E-state index is 11.6.